The highest BCUT2D eigenvalue weighted by molar-refractivity contribution is 5.90. The lowest BCUT2D eigenvalue weighted by molar-refractivity contribution is -0.143. The number of carbonyl (C=O) groups is 3. The lowest BCUT2D eigenvalue weighted by atomic mass is 9.64. The molecule has 3 amide bonds. The van der Waals surface area contributed by atoms with Gasteiger partial charge in [-0.25, -0.2) is 0 Å². The molecule has 0 radical (unpaired) electrons. The maximum atomic E-state index is 13.7. The van der Waals surface area contributed by atoms with Crippen LogP contribution in [0.15, 0.2) is 11.8 Å². The van der Waals surface area contributed by atoms with Crippen molar-refractivity contribution < 1.29 is 24.6 Å². The van der Waals surface area contributed by atoms with E-state index in [0.29, 0.717) is 18.0 Å². The molecule has 0 spiro atoms. The van der Waals surface area contributed by atoms with Gasteiger partial charge in [0, 0.05) is 25.9 Å². The van der Waals surface area contributed by atoms with E-state index < -0.39 is 12.0 Å². The van der Waals surface area contributed by atoms with Gasteiger partial charge >= 0.3 is 0 Å². The van der Waals surface area contributed by atoms with Crippen LogP contribution in [-0.2, 0) is 19.1 Å². The van der Waals surface area contributed by atoms with Crippen LogP contribution in [-0.4, -0.2) is 60.9 Å². The highest BCUT2D eigenvalue weighted by Gasteiger charge is 2.43. The quantitative estimate of drug-likeness (QED) is 0.502. The summed E-state index contributed by atoms with van der Waals surface area (Å²) >= 11 is 0. The Morgan fingerprint density at radius 1 is 1.08 bits per heavy atom. The number of hydrogen-bond acceptors (Lipinski definition) is 4. The van der Waals surface area contributed by atoms with Gasteiger partial charge in [-0.3, -0.25) is 14.4 Å². The Labute approximate surface area is 224 Å². The molecular formula is C29H53N3O5. The van der Waals surface area contributed by atoms with Crippen molar-refractivity contribution in [1.82, 2.24) is 15.5 Å². The molecule has 4 N–H and O–H groups in total. The van der Waals surface area contributed by atoms with Gasteiger partial charge in [-0.1, -0.05) is 73.3 Å². The average Bonchev–Trinajstić information content (AvgIpc) is 2.82. The predicted molar refractivity (Wildman–Crippen MR) is 148 cm³/mol. The van der Waals surface area contributed by atoms with Gasteiger partial charge < -0.3 is 25.7 Å². The van der Waals surface area contributed by atoms with Crippen molar-refractivity contribution in [3.63, 3.8) is 0 Å². The summed E-state index contributed by atoms with van der Waals surface area (Å²) in [7, 11) is 1.47. The van der Waals surface area contributed by atoms with E-state index in [-0.39, 0.29) is 48.6 Å². The highest BCUT2D eigenvalue weighted by Crippen LogP contribution is 2.45. The van der Waals surface area contributed by atoms with E-state index in [1.807, 2.05) is 24.8 Å². The number of hydrogen-bond donors (Lipinski definition) is 2. The average molecular weight is 524 g/mol. The molecule has 8 heteroatoms. The molecule has 1 saturated carbocycles. The van der Waals surface area contributed by atoms with Crippen LogP contribution in [0.3, 0.4) is 0 Å². The second-order valence-electron chi connectivity index (χ2n) is 11.9. The minimum atomic E-state index is -0.567. The number of ether oxygens (including phenoxy) is 1. The standard InChI is InChI=1S/C28H47N3O4.CH4.H2O/c1-19(2)25(30-26(33)21-13-9-10-14-23(21)29-24(32)17-35-5)27(34)31-16-15-22(28(3,4)18-31)20-11-7-6-8-12-20;;/h14,19-22,25H,6-13,15-18H2,1-5H3,(H,29,32)(H,30,33);1H4;1H2/t21?,22?,25-;;/m1../s1. The Bertz CT molecular complexity index is 788. The number of methoxy groups -OCH3 is 1. The van der Waals surface area contributed by atoms with Crippen molar-refractivity contribution in [3.8, 4) is 0 Å². The molecule has 8 nitrogen and oxygen atoms in total. The first-order chi connectivity index (χ1) is 16.6. The van der Waals surface area contributed by atoms with Crippen LogP contribution >= 0.6 is 0 Å². The summed E-state index contributed by atoms with van der Waals surface area (Å²) in [5.41, 5.74) is 0.701. The Morgan fingerprint density at radius 2 is 1.76 bits per heavy atom. The fraction of sp³-hybridized carbons (Fsp3) is 0.828. The van der Waals surface area contributed by atoms with Crippen LogP contribution in [0, 0.1) is 29.1 Å². The van der Waals surface area contributed by atoms with Gasteiger partial charge in [0.15, 0.2) is 0 Å². The van der Waals surface area contributed by atoms with E-state index in [0.717, 1.165) is 38.3 Å². The van der Waals surface area contributed by atoms with Crippen LogP contribution in [0.5, 0.6) is 0 Å². The maximum Gasteiger partial charge on any atom is 0.250 e. The maximum absolute atomic E-state index is 13.7. The van der Waals surface area contributed by atoms with Crippen molar-refractivity contribution in [2.24, 2.45) is 29.1 Å². The first kappa shape index (κ1) is 33.1. The molecule has 2 aliphatic carbocycles. The number of carbonyl (C=O) groups excluding carboxylic acids is 3. The van der Waals surface area contributed by atoms with Crippen molar-refractivity contribution in [2.45, 2.75) is 99.0 Å². The third kappa shape index (κ3) is 8.54. The van der Waals surface area contributed by atoms with Crippen LogP contribution in [0.4, 0.5) is 0 Å². The fourth-order valence-electron chi connectivity index (χ4n) is 6.55. The first-order valence-corrected chi connectivity index (χ1v) is 13.7. The number of allylic oxidation sites excluding steroid dienone is 1. The summed E-state index contributed by atoms with van der Waals surface area (Å²) in [5, 5.41) is 5.90. The SMILES string of the molecule is C.COCC(=O)NC1=CCCCC1C(=O)N[C@@H](C(=O)N1CCC(C2CCCCC2)C(C)(C)C1)C(C)C.O. The van der Waals surface area contributed by atoms with E-state index in [1.54, 1.807) is 0 Å². The minimum absolute atomic E-state index is 0. The summed E-state index contributed by atoms with van der Waals surface area (Å²) in [5.74, 6) is 0.534. The predicted octanol–water partition coefficient (Wildman–Crippen LogP) is 3.84. The zero-order valence-electron chi connectivity index (χ0n) is 23.0. The Morgan fingerprint density at radius 3 is 2.35 bits per heavy atom. The topological polar surface area (TPSA) is 119 Å². The molecule has 3 aliphatic rings. The van der Waals surface area contributed by atoms with E-state index in [9.17, 15) is 14.4 Å². The molecule has 0 aromatic carbocycles. The number of likely N-dealkylation sites (tertiary alicyclic amines) is 1. The fourth-order valence-corrected chi connectivity index (χ4v) is 6.55. The van der Waals surface area contributed by atoms with E-state index in [1.165, 1.54) is 39.2 Å². The summed E-state index contributed by atoms with van der Waals surface area (Å²) < 4.78 is 4.91. The molecule has 0 aromatic rings. The number of rotatable bonds is 8. The summed E-state index contributed by atoms with van der Waals surface area (Å²) in [6, 6.07) is -0.567. The zero-order chi connectivity index (χ0) is 25.6. The van der Waals surface area contributed by atoms with Gasteiger partial charge in [0.25, 0.3) is 0 Å². The summed E-state index contributed by atoms with van der Waals surface area (Å²) in [6.07, 6.45) is 12.0. The first-order valence-electron chi connectivity index (χ1n) is 13.7. The molecule has 1 saturated heterocycles. The smallest absolute Gasteiger partial charge is 0.250 e. The molecule has 37 heavy (non-hydrogen) atoms. The Kier molecular flexibility index (Phi) is 13.3. The van der Waals surface area contributed by atoms with Crippen LogP contribution in [0.1, 0.15) is 92.9 Å². The number of nitrogens with one attached hydrogen (secondary N) is 2. The highest BCUT2D eigenvalue weighted by atomic mass is 16.5. The molecule has 214 valence electrons. The lowest BCUT2D eigenvalue weighted by Crippen LogP contribution is -2.58. The van der Waals surface area contributed by atoms with E-state index >= 15 is 0 Å². The van der Waals surface area contributed by atoms with Gasteiger partial charge in [-0.2, -0.15) is 0 Å². The van der Waals surface area contributed by atoms with Gasteiger partial charge in [0.2, 0.25) is 17.7 Å². The molecule has 1 aliphatic heterocycles. The molecule has 3 rings (SSSR count). The third-order valence-electron chi connectivity index (χ3n) is 8.39. The van der Waals surface area contributed by atoms with Crippen LogP contribution in [0.2, 0.25) is 0 Å². The summed E-state index contributed by atoms with van der Waals surface area (Å²) in [6.45, 7) is 10.1. The van der Waals surface area contributed by atoms with Gasteiger partial charge in [0.1, 0.15) is 12.6 Å². The van der Waals surface area contributed by atoms with Crippen molar-refractivity contribution in [1.29, 1.82) is 0 Å². The van der Waals surface area contributed by atoms with Crippen LogP contribution in [0.25, 0.3) is 0 Å². The largest absolute Gasteiger partial charge is 0.412 e. The molecule has 3 atom stereocenters. The zero-order valence-corrected chi connectivity index (χ0v) is 23.0. The van der Waals surface area contributed by atoms with Gasteiger partial charge in [0.05, 0.1) is 5.92 Å². The van der Waals surface area contributed by atoms with Crippen molar-refractivity contribution in [3.05, 3.63) is 11.8 Å². The number of piperidine rings is 1. The monoisotopic (exact) mass is 523 g/mol. The van der Waals surface area contributed by atoms with E-state index in [4.69, 9.17) is 4.74 Å². The molecular weight excluding hydrogens is 470 g/mol. The van der Waals surface area contributed by atoms with Gasteiger partial charge in [-0.15, -0.1) is 0 Å². The Balaban J connectivity index is 0.00000342. The second kappa shape index (κ2) is 14.9. The van der Waals surface area contributed by atoms with E-state index in [2.05, 4.69) is 24.5 Å². The molecule has 0 bridgehead atoms. The molecule has 0 aromatic heterocycles. The number of nitrogens with zero attached hydrogens (tertiary/aromatic N) is 1. The van der Waals surface area contributed by atoms with Crippen LogP contribution < -0.4 is 10.6 Å². The summed E-state index contributed by atoms with van der Waals surface area (Å²) in [4.78, 5) is 41.1. The van der Waals surface area contributed by atoms with Crippen molar-refractivity contribution >= 4 is 17.7 Å². The molecule has 2 unspecified atom stereocenters. The lowest BCUT2D eigenvalue weighted by Gasteiger charge is -2.49. The minimum Gasteiger partial charge on any atom is -0.412 e. The number of amides is 3. The molecule has 2 fully saturated rings. The van der Waals surface area contributed by atoms with Gasteiger partial charge in [-0.05, 0) is 48.9 Å². The normalized spacial score (nSPS) is 24.7. The Hall–Kier alpha value is -1.93. The second-order valence-corrected chi connectivity index (χ2v) is 11.9. The third-order valence-corrected chi connectivity index (χ3v) is 8.39. The molecule has 1 heterocycles. The van der Waals surface area contributed by atoms with Crippen molar-refractivity contribution in [2.75, 3.05) is 26.8 Å².